The Labute approximate surface area is 114 Å². The highest BCUT2D eigenvalue weighted by Gasteiger charge is 2.27. The maximum Gasteiger partial charge on any atom is 0.190 e. The van der Waals surface area contributed by atoms with Crippen LogP contribution in [0.4, 0.5) is 0 Å². The van der Waals surface area contributed by atoms with Crippen molar-refractivity contribution in [2.24, 2.45) is 11.8 Å². The van der Waals surface area contributed by atoms with Crippen molar-refractivity contribution < 1.29 is 4.79 Å². The third-order valence-corrected chi connectivity index (χ3v) is 4.29. The molecule has 18 heavy (non-hydrogen) atoms. The molecule has 0 aliphatic rings. The Morgan fingerprint density at radius 2 is 2.11 bits per heavy atom. The molecule has 0 spiro atoms. The minimum absolute atomic E-state index is 0.0210. The Morgan fingerprint density at radius 1 is 1.50 bits per heavy atom. The van der Waals surface area contributed by atoms with Gasteiger partial charge in [-0.2, -0.15) is 5.26 Å². The lowest BCUT2D eigenvalue weighted by atomic mass is 9.86. The van der Waals surface area contributed by atoms with Crippen LogP contribution in [0.15, 0.2) is 11.4 Å². The fourth-order valence-corrected chi connectivity index (χ4v) is 2.81. The van der Waals surface area contributed by atoms with Gasteiger partial charge in [-0.25, -0.2) is 0 Å². The van der Waals surface area contributed by atoms with Gasteiger partial charge >= 0.3 is 0 Å². The molecule has 2 atom stereocenters. The number of nitriles is 1. The Bertz CT molecular complexity index is 462. The number of hydrogen-bond donors (Lipinski definition) is 0. The molecule has 0 saturated heterocycles. The summed E-state index contributed by atoms with van der Waals surface area (Å²) in [6.45, 7) is 10.3. The van der Waals surface area contributed by atoms with Gasteiger partial charge in [-0.1, -0.05) is 41.0 Å². The van der Waals surface area contributed by atoms with E-state index in [4.69, 9.17) is 5.26 Å². The van der Waals surface area contributed by atoms with E-state index < -0.39 is 5.92 Å². The highest BCUT2D eigenvalue weighted by Crippen LogP contribution is 2.30. The molecule has 0 N–H and O–H groups in total. The molecule has 1 aromatic heterocycles. The van der Waals surface area contributed by atoms with Gasteiger partial charge in [-0.05, 0) is 28.3 Å². The first-order valence-electron chi connectivity index (χ1n) is 6.34. The van der Waals surface area contributed by atoms with Crippen LogP contribution in [0.25, 0.3) is 0 Å². The van der Waals surface area contributed by atoms with E-state index in [1.54, 1.807) is 0 Å². The summed E-state index contributed by atoms with van der Waals surface area (Å²) in [7, 11) is 0. The van der Waals surface area contributed by atoms with Crippen LogP contribution in [0, 0.1) is 23.2 Å². The standard InChI is InChI=1S/C15H21NOS/c1-6-10(2)12(8-16)14(17)13-7-11(9-18-13)15(3,4)5/h7,9-10,12H,6H2,1-5H3. The third-order valence-electron chi connectivity index (χ3n) is 3.34. The molecule has 1 rings (SSSR count). The van der Waals surface area contributed by atoms with Crippen molar-refractivity contribution in [1.82, 2.24) is 0 Å². The van der Waals surface area contributed by atoms with E-state index in [0.29, 0.717) is 4.88 Å². The summed E-state index contributed by atoms with van der Waals surface area (Å²) in [4.78, 5) is 13.0. The van der Waals surface area contributed by atoms with E-state index in [1.807, 2.05) is 25.3 Å². The normalized spacial score (nSPS) is 14.9. The molecule has 0 bridgehead atoms. The van der Waals surface area contributed by atoms with Crippen molar-refractivity contribution in [1.29, 1.82) is 5.26 Å². The summed E-state index contributed by atoms with van der Waals surface area (Å²) in [6, 6.07) is 4.10. The smallest absolute Gasteiger partial charge is 0.190 e. The average molecular weight is 263 g/mol. The number of nitrogens with zero attached hydrogens (tertiary/aromatic N) is 1. The number of hydrogen-bond acceptors (Lipinski definition) is 3. The lowest BCUT2D eigenvalue weighted by Gasteiger charge is -2.16. The van der Waals surface area contributed by atoms with Crippen LogP contribution < -0.4 is 0 Å². The van der Waals surface area contributed by atoms with Gasteiger partial charge in [-0.3, -0.25) is 4.79 Å². The maximum absolute atomic E-state index is 12.3. The first kappa shape index (κ1) is 14.9. The SMILES string of the molecule is CCC(C)C(C#N)C(=O)c1cc(C(C)(C)C)cs1. The van der Waals surface area contributed by atoms with Gasteiger partial charge in [0.25, 0.3) is 0 Å². The van der Waals surface area contributed by atoms with Gasteiger partial charge in [0, 0.05) is 0 Å². The second kappa shape index (κ2) is 5.67. The Hall–Kier alpha value is -1.14. The molecule has 1 aromatic rings. The minimum Gasteiger partial charge on any atom is -0.292 e. The van der Waals surface area contributed by atoms with Crippen LogP contribution in [-0.4, -0.2) is 5.78 Å². The molecular formula is C15H21NOS. The summed E-state index contributed by atoms with van der Waals surface area (Å²) in [5.41, 5.74) is 1.21. The van der Waals surface area contributed by atoms with Crippen LogP contribution in [0.5, 0.6) is 0 Å². The number of ketones is 1. The molecule has 2 unspecified atom stereocenters. The fraction of sp³-hybridized carbons (Fsp3) is 0.600. The zero-order valence-corrected chi connectivity index (χ0v) is 12.6. The maximum atomic E-state index is 12.3. The van der Waals surface area contributed by atoms with Crippen LogP contribution >= 0.6 is 11.3 Å². The van der Waals surface area contributed by atoms with E-state index >= 15 is 0 Å². The summed E-state index contributed by atoms with van der Waals surface area (Å²) in [5, 5.41) is 11.2. The first-order chi connectivity index (χ1) is 8.31. The lowest BCUT2D eigenvalue weighted by Crippen LogP contribution is -2.19. The molecule has 3 heteroatoms. The summed E-state index contributed by atoms with van der Waals surface area (Å²) >= 11 is 1.46. The fourth-order valence-electron chi connectivity index (χ4n) is 1.69. The van der Waals surface area contributed by atoms with Crippen molar-refractivity contribution in [3.8, 4) is 6.07 Å². The topological polar surface area (TPSA) is 40.9 Å². The van der Waals surface area contributed by atoms with Crippen molar-refractivity contribution in [2.75, 3.05) is 0 Å². The molecular weight excluding hydrogens is 242 g/mol. The van der Waals surface area contributed by atoms with E-state index in [2.05, 4.69) is 26.8 Å². The Balaban J connectivity index is 2.98. The molecule has 0 radical (unpaired) electrons. The second-order valence-electron chi connectivity index (χ2n) is 5.81. The molecule has 0 amide bonds. The molecule has 2 nitrogen and oxygen atoms in total. The molecule has 0 aliphatic carbocycles. The van der Waals surface area contributed by atoms with E-state index in [9.17, 15) is 4.79 Å². The van der Waals surface area contributed by atoms with Crippen molar-refractivity contribution in [3.05, 3.63) is 21.9 Å². The molecule has 0 fully saturated rings. The Kier molecular flexibility index (Phi) is 4.70. The summed E-state index contributed by atoms with van der Waals surface area (Å²) in [6.07, 6.45) is 0.849. The predicted molar refractivity (Wildman–Crippen MR) is 75.9 cm³/mol. The number of Topliss-reactive ketones (excluding diaryl/α,β-unsaturated/α-hetero) is 1. The monoisotopic (exact) mass is 263 g/mol. The van der Waals surface area contributed by atoms with Crippen LogP contribution in [0.3, 0.4) is 0 Å². The second-order valence-corrected chi connectivity index (χ2v) is 6.72. The van der Waals surface area contributed by atoms with Gasteiger partial charge in [-0.15, -0.1) is 11.3 Å². The summed E-state index contributed by atoms with van der Waals surface area (Å²) in [5.74, 6) is -0.420. The van der Waals surface area contributed by atoms with E-state index in [0.717, 1.165) is 12.0 Å². The number of carbonyl (C=O) groups is 1. The lowest BCUT2D eigenvalue weighted by molar-refractivity contribution is 0.0922. The van der Waals surface area contributed by atoms with Crippen molar-refractivity contribution in [2.45, 2.75) is 46.5 Å². The molecule has 98 valence electrons. The van der Waals surface area contributed by atoms with Gasteiger partial charge < -0.3 is 0 Å². The van der Waals surface area contributed by atoms with Crippen molar-refractivity contribution in [3.63, 3.8) is 0 Å². The molecule has 0 saturated carbocycles. The number of rotatable bonds is 4. The minimum atomic E-state index is -0.513. The van der Waals surface area contributed by atoms with Gasteiger partial charge in [0.15, 0.2) is 5.78 Å². The third kappa shape index (κ3) is 3.20. The average Bonchev–Trinajstić information content (AvgIpc) is 2.78. The zero-order chi connectivity index (χ0) is 13.9. The Morgan fingerprint density at radius 3 is 2.50 bits per heavy atom. The zero-order valence-electron chi connectivity index (χ0n) is 11.8. The van der Waals surface area contributed by atoms with Crippen LogP contribution in [0.2, 0.25) is 0 Å². The predicted octanol–water partition coefficient (Wildman–Crippen LogP) is 4.41. The van der Waals surface area contributed by atoms with Gasteiger partial charge in [0.2, 0.25) is 0 Å². The number of carbonyl (C=O) groups excluding carboxylic acids is 1. The quantitative estimate of drug-likeness (QED) is 0.755. The van der Waals surface area contributed by atoms with Crippen LogP contribution in [-0.2, 0) is 5.41 Å². The van der Waals surface area contributed by atoms with Crippen LogP contribution in [0.1, 0.15) is 56.3 Å². The molecule has 0 aromatic carbocycles. The van der Waals surface area contributed by atoms with Crippen molar-refractivity contribution >= 4 is 17.1 Å². The summed E-state index contributed by atoms with van der Waals surface area (Å²) < 4.78 is 0. The molecule has 1 heterocycles. The van der Waals surface area contributed by atoms with Gasteiger partial charge in [0.05, 0.1) is 10.9 Å². The highest BCUT2D eigenvalue weighted by atomic mass is 32.1. The van der Waals surface area contributed by atoms with Gasteiger partial charge in [0.1, 0.15) is 5.92 Å². The number of thiophene rings is 1. The first-order valence-corrected chi connectivity index (χ1v) is 7.22. The van der Waals surface area contributed by atoms with E-state index in [-0.39, 0.29) is 17.1 Å². The van der Waals surface area contributed by atoms with E-state index in [1.165, 1.54) is 11.3 Å². The highest BCUT2D eigenvalue weighted by molar-refractivity contribution is 7.12. The largest absolute Gasteiger partial charge is 0.292 e. The molecule has 0 aliphatic heterocycles.